The average Bonchev–Trinajstić information content (AvgIpc) is 3.01. The van der Waals surface area contributed by atoms with E-state index in [0.29, 0.717) is 6.04 Å². The lowest BCUT2D eigenvalue weighted by molar-refractivity contribution is 0.494. The lowest BCUT2D eigenvalue weighted by atomic mass is 10.1. The summed E-state index contributed by atoms with van der Waals surface area (Å²) >= 11 is 0. The zero-order chi connectivity index (χ0) is 14.5. The van der Waals surface area contributed by atoms with Crippen molar-refractivity contribution in [2.24, 2.45) is 7.05 Å². The molecule has 0 amide bonds. The van der Waals surface area contributed by atoms with E-state index in [2.05, 4.69) is 24.3 Å². The van der Waals surface area contributed by atoms with Crippen LogP contribution in [0.5, 0.6) is 0 Å². The molecule has 0 aliphatic carbocycles. The summed E-state index contributed by atoms with van der Waals surface area (Å²) in [6.07, 6.45) is 5.59. The second-order valence-electron chi connectivity index (χ2n) is 5.25. The number of rotatable bonds is 7. The Bertz CT molecular complexity index is 530. The van der Waals surface area contributed by atoms with Crippen LogP contribution in [0.4, 0.5) is 11.5 Å². The minimum Gasteiger partial charge on any atom is -0.469 e. The molecule has 3 N–H and O–H groups in total. The maximum absolute atomic E-state index is 6.16. The first kappa shape index (κ1) is 14.5. The van der Waals surface area contributed by atoms with Crippen molar-refractivity contribution in [3.8, 4) is 0 Å². The quantitative estimate of drug-likeness (QED) is 0.815. The Hall–Kier alpha value is -1.91. The van der Waals surface area contributed by atoms with Crippen molar-refractivity contribution in [1.82, 2.24) is 9.78 Å². The van der Waals surface area contributed by atoms with Crippen molar-refractivity contribution >= 4 is 11.5 Å². The van der Waals surface area contributed by atoms with Crippen LogP contribution in [0.15, 0.2) is 22.8 Å². The van der Waals surface area contributed by atoms with Crippen LogP contribution in [0.1, 0.15) is 38.1 Å². The highest BCUT2D eigenvalue weighted by atomic mass is 16.3. The molecule has 2 rings (SSSR count). The number of nitrogens with one attached hydrogen (secondary N) is 1. The predicted octanol–water partition coefficient (Wildman–Crippen LogP) is 2.98. The molecule has 1 atom stereocenters. The summed E-state index contributed by atoms with van der Waals surface area (Å²) < 4.78 is 7.18. The molecule has 20 heavy (non-hydrogen) atoms. The standard InChI is InChI=1S/C15H24N4O/c1-4-6-13-14(16)15(19(3)18-13)17-11(2)8-9-12-7-5-10-20-12/h5,7,10-11,17H,4,6,8-9,16H2,1-3H3. The zero-order valence-corrected chi connectivity index (χ0v) is 12.5. The van der Waals surface area contributed by atoms with Crippen molar-refractivity contribution in [3.05, 3.63) is 29.9 Å². The summed E-state index contributed by atoms with van der Waals surface area (Å²) in [5, 5.41) is 7.93. The monoisotopic (exact) mass is 276 g/mol. The summed E-state index contributed by atoms with van der Waals surface area (Å²) in [6, 6.07) is 4.24. The van der Waals surface area contributed by atoms with Gasteiger partial charge in [0.05, 0.1) is 17.6 Å². The van der Waals surface area contributed by atoms with Gasteiger partial charge in [-0.25, -0.2) is 0 Å². The molecule has 2 aromatic heterocycles. The Balaban J connectivity index is 1.95. The minimum absolute atomic E-state index is 0.312. The van der Waals surface area contributed by atoms with E-state index in [-0.39, 0.29) is 0 Å². The minimum atomic E-state index is 0.312. The van der Waals surface area contributed by atoms with Crippen molar-refractivity contribution in [3.63, 3.8) is 0 Å². The van der Waals surface area contributed by atoms with E-state index >= 15 is 0 Å². The van der Waals surface area contributed by atoms with Crippen LogP contribution >= 0.6 is 0 Å². The molecular formula is C15H24N4O. The van der Waals surface area contributed by atoms with E-state index in [1.165, 1.54) is 0 Å². The van der Waals surface area contributed by atoms with Crippen LogP contribution in [0.2, 0.25) is 0 Å². The first-order valence-corrected chi connectivity index (χ1v) is 7.22. The Morgan fingerprint density at radius 3 is 2.90 bits per heavy atom. The lowest BCUT2D eigenvalue weighted by Gasteiger charge is -2.15. The maximum Gasteiger partial charge on any atom is 0.147 e. The average molecular weight is 276 g/mol. The van der Waals surface area contributed by atoms with E-state index < -0.39 is 0 Å². The van der Waals surface area contributed by atoms with Gasteiger partial charge in [-0.3, -0.25) is 4.68 Å². The SMILES string of the molecule is CCCc1nn(C)c(NC(C)CCc2ccco2)c1N. The molecule has 0 radical (unpaired) electrons. The Morgan fingerprint density at radius 2 is 2.25 bits per heavy atom. The van der Waals surface area contributed by atoms with Gasteiger partial charge in [-0.1, -0.05) is 13.3 Å². The number of anilines is 2. The molecule has 0 aliphatic heterocycles. The number of hydrogen-bond donors (Lipinski definition) is 2. The number of nitrogens with zero attached hydrogens (tertiary/aromatic N) is 2. The second-order valence-corrected chi connectivity index (χ2v) is 5.25. The first-order chi connectivity index (χ1) is 9.61. The van der Waals surface area contributed by atoms with Crippen molar-refractivity contribution in [1.29, 1.82) is 0 Å². The largest absolute Gasteiger partial charge is 0.469 e. The highest BCUT2D eigenvalue weighted by Gasteiger charge is 2.14. The topological polar surface area (TPSA) is 69.0 Å². The normalized spacial score (nSPS) is 12.6. The Labute approximate surface area is 120 Å². The maximum atomic E-state index is 6.16. The molecule has 0 fully saturated rings. The number of aromatic nitrogens is 2. The van der Waals surface area contributed by atoms with Gasteiger partial charge in [0.15, 0.2) is 0 Å². The van der Waals surface area contributed by atoms with Gasteiger partial charge >= 0.3 is 0 Å². The molecule has 110 valence electrons. The number of aryl methyl sites for hydroxylation is 3. The molecule has 0 saturated heterocycles. The zero-order valence-electron chi connectivity index (χ0n) is 12.5. The fourth-order valence-corrected chi connectivity index (χ4v) is 2.31. The third kappa shape index (κ3) is 3.35. The lowest BCUT2D eigenvalue weighted by Crippen LogP contribution is -2.18. The van der Waals surface area contributed by atoms with E-state index in [0.717, 1.165) is 48.6 Å². The molecule has 5 heteroatoms. The first-order valence-electron chi connectivity index (χ1n) is 7.22. The van der Waals surface area contributed by atoms with Crippen LogP contribution in [-0.2, 0) is 19.9 Å². The number of nitrogens with two attached hydrogens (primary N) is 1. The van der Waals surface area contributed by atoms with Crippen LogP contribution in [0, 0.1) is 0 Å². The number of furan rings is 1. The highest BCUT2D eigenvalue weighted by Crippen LogP contribution is 2.24. The van der Waals surface area contributed by atoms with E-state index in [1.807, 2.05) is 23.9 Å². The molecule has 0 spiro atoms. The molecule has 0 aliphatic rings. The van der Waals surface area contributed by atoms with Crippen LogP contribution in [-0.4, -0.2) is 15.8 Å². The van der Waals surface area contributed by atoms with Crippen LogP contribution in [0.3, 0.4) is 0 Å². The third-order valence-corrected chi connectivity index (χ3v) is 3.43. The van der Waals surface area contributed by atoms with Gasteiger partial charge in [0.1, 0.15) is 11.6 Å². The summed E-state index contributed by atoms with van der Waals surface area (Å²) in [5.41, 5.74) is 7.92. The Kier molecular flexibility index (Phi) is 4.71. The predicted molar refractivity (Wildman–Crippen MR) is 81.7 cm³/mol. The molecule has 1 unspecified atom stereocenters. The van der Waals surface area contributed by atoms with Gasteiger partial charge < -0.3 is 15.5 Å². The number of nitrogen functional groups attached to an aromatic ring is 1. The molecule has 5 nitrogen and oxygen atoms in total. The summed E-state index contributed by atoms with van der Waals surface area (Å²) in [6.45, 7) is 4.28. The van der Waals surface area contributed by atoms with E-state index in [9.17, 15) is 0 Å². The fraction of sp³-hybridized carbons (Fsp3) is 0.533. The van der Waals surface area contributed by atoms with Crippen molar-refractivity contribution < 1.29 is 4.42 Å². The van der Waals surface area contributed by atoms with E-state index in [4.69, 9.17) is 10.2 Å². The second kappa shape index (κ2) is 6.50. The molecule has 0 aromatic carbocycles. The van der Waals surface area contributed by atoms with Gasteiger partial charge in [-0.15, -0.1) is 0 Å². The third-order valence-electron chi connectivity index (χ3n) is 3.43. The van der Waals surface area contributed by atoms with Gasteiger partial charge in [-0.05, 0) is 31.9 Å². The molecule has 0 bridgehead atoms. The smallest absolute Gasteiger partial charge is 0.147 e. The molecule has 2 aromatic rings. The van der Waals surface area contributed by atoms with Gasteiger partial charge in [0.2, 0.25) is 0 Å². The van der Waals surface area contributed by atoms with Crippen molar-refractivity contribution in [2.75, 3.05) is 11.1 Å². The highest BCUT2D eigenvalue weighted by molar-refractivity contribution is 5.65. The van der Waals surface area contributed by atoms with Crippen molar-refractivity contribution in [2.45, 2.75) is 45.6 Å². The molecule has 2 heterocycles. The number of hydrogen-bond acceptors (Lipinski definition) is 4. The fourth-order valence-electron chi connectivity index (χ4n) is 2.31. The molecular weight excluding hydrogens is 252 g/mol. The Morgan fingerprint density at radius 1 is 1.45 bits per heavy atom. The summed E-state index contributed by atoms with van der Waals surface area (Å²) in [4.78, 5) is 0. The summed E-state index contributed by atoms with van der Waals surface area (Å²) in [7, 11) is 1.93. The van der Waals surface area contributed by atoms with Crippen LogP contribution < -0.4 is 11.1 Å². The van der Waals surface area contributed by atoms with Gasteiger partial charge in [0.25, 0.3) is 0 Å². The van der Waals surface area contributed by atoms with Gasteiger partial charge in [0, 0.05) is 19.5 Å². The molecule has 0 saturated carbocycles. The van der Waals surface area contributed by atoms with E-state index in [1.54, 1.807) is 6.26 Å². The van der Waals surface area contributed by atoms with Gasteiger partial charge in [-0.2, -0.15) is 5.10 Å². The summed E-state index contributed by atoms with van der Waals surface area (Å²) in [5.74, 6) is 1.93. The van der Waals surface area contributed by atoms with Crippen LogP contribution in [0.25, 0.3) is 0 Å².